The molecule has 4 amide bonds. The van der Waals surface area contributed by atoms with Crippen LogP contribution in [0, 0.1) is 23.5 Å². The first kappa shape index (κ1) is 35.2. The molecule has 3 aliphatic rings. The lowest BCUT2D eigenvalue weighted by Crippen LogP contribution is -2.54. The van der Waals surface area contributed by atoms with Crippen LogP contribution in [0.4, 0.5) is 19.3 Å². The molecule has 3 aliphatic heterocycles. The fourth-order valence-electron chi connectivity index (χ4n) is 6.19. The van der Waals surface area contributed by atoms with Gasteiger partial charge in [0.15, 0.2) is 17.4 Å². The molecule has 0 spiro atoms. The summed E-state index contributed by atoms with van der Waals surface area (Å²) >= 11 is 6.47. The van der Waals surface area contributed by atoms with Crippen LogP contribution in [0.25, 0.3) is 11.3 Å². The number of imidazole rings is 1. The molecule has 0 unspecified atom stereocenters. The molecule has 6 rings (SSSR count). The molecule has 0 saturated carbocycles. The largest absolute Gasteiger partial charge is 0.494 e. The summed E-state index contributed by atoms with van der Waals surface area (Å²) in [6.45, 7) is 5.13. The Morgan fingerprint density at radius 1 is 0.957 bits per heavy atom. The fraction of sp³-hybridized carbons (Fsp3) is 0.400. The van der Waals surface area contributed by atoms with Crippen molar-refractivity contribution in [3.8, 4) is 17.0 Å². The highest BCUT2D eigenvalue weighted by Gasteiger charge is 2.40. The van der Waals surface area contributed by atoms with E-state index in [4.69, 9.17) is 16.3 Å². The molecule has 16 heteroatoms. The molecule has 248 valence electrons. The van der Waals surface area contributed by atoms with E-state index in [0.29, 0.717) is 43.7 Å². The second kappa shape index (κ2) is 14.4. The van der Waals surface area contributed by atoms with Gasteiger partial charge in [-0.05, 0) is 42.2 Å². The molecule has 3 aromatic rings. The van der Waals surface area contributed by atoms with E-state index >= 15 is 0 Å². The molecular formula is C30H34Cl3F2N7O4. The zero-order valence-corrected chi connectivity index (χ0v) is 27.5. The molecule has 0 aliphatic carbocycles. The molecule has 0 bridgehead atoms. The topological polar surface area (TPSA) is 112 Å². The quantitative estimate of drug-likeness (QED) is 0.414. The molecule has 3 saturated heterocycles. The molecule has 11 nitrogen and oxygen atoms in total. The number of anilines is 1. The van der Waals surface area contributed by atoms with E-state index in [0.717, 1.165) is 26.2 Å². The average Bonchev–Trinajstić information content (AvgIpc) is 3.74. The minimum absolute atomic E-state index is 0. The SMILES string of the molecule is COc1ccc(-c2cnc(C(=O)Nc3ccc(C(=O)N4CCN(C(=O)N5C[C@H]6CNC[C@H]6C5)CC4)c(Cl)c3)n2C)c(F)c1F.Cl.Cl. The number of halogens is 5. The van der Waals surface area contributed by atoms with Gasteiger partial charge in [-0.15, -0.1) is 24.8 Å². The number of benzene rings is 2. The number of carbonyl (C=O) groups is 3. The van der Waals surface area contributed by atoms with Gasteiger partial charge in [0.25, 0.3) is 11.8 Å². The van der Waals surface area contributed by atoms with Crippen molar-refractivity contribution in [2.24, 2.45) is 18.9 Å². The standard InChI is InChI=1S/C30H32ClF2N7O4.2ClH/c1-37-23(21-5-6-24(44-2)26(33)25(21)32)14-35-27(37)28(41)36-19-3-4-20(22(31)11-19)29(42)38-7-9-39(10-8-38)30(43)40-15-17-12-34-13-18(17)16-40;;/h3-6,11,14,17-18,34H,7-10,12-13,15-16H2,1-2H3,(H,36,41);2*1H/t17-,18+;;. The van der Waals surface area contributed by atoms with Crippen LogP contribution in [-0.4, -0.2) is 102 Å². The summed E-state index contributed by atoms with van der Waals surface area (Å²) < 4.78 is 35.1. The number of carbonyl (C=O) groups excluding carboxylic acids is 3. The summed E-state index contributed by atoms with van der Waals surface area (Å²) in [6, 6.07) is 7.23. The van der Waals surface area contributed by atoms with Crippen LogP contribution in [0.15, 0.2) is 36.5 Å². The van der Waals surface area contributed by atoms with E-state index in [1.165, 1.54) is 49.2 Å². The lowest BCUT2D eigenvalue weighted by atomic mass is 10.0. The predicted molar refractivity (Wildman–Crippen MR) is 173 cm³/mol. The van der Waals surface area contributed by atoms with E-state index in [9.17, 15) is 23.2 Å². The molecule has 46 heavy (non-hydrogen) atoms. The number of piperazine rings is 1. The summed E-state index contributed by atoms with van der Waals surface area (Å²) in [5.41, 5.74) is 0.712. The van der Waals surface area contributed by atoms with E-state index in [1.54, 1.807) is 15.9 Å². The van der Waals surface area contributed by atoms with Gasteiger partial charge in [-0.2, -0.15) is 4.39 Å². The van der Waals surface area contributed by atoms with Crippen molar-refractivity contribution in [1.29, 1.82) is 0 Å². The highest BCUT2D eigenvalue weighted by molar-refractivity contribution is 6.34. The predicted octanol–water partition coefficient (Wildman–Crippen LogP) is 4.15. The Labute approximate surface area is 282 Å². The number of hydrogen-bond acceptors (Lipinski definition) is 6. The smallest absolute Gasteiger partial charge is 0.320 e. The first-order valence-corrected chi connectivity index (χ1v) is 14.7. The van der Waals surface area contributed by atoms with E-state index < -0.39 is 17.5 Å². The van der Waals surface area contributed by atoms with Crippen molar-refractivity contribution in [2.75, 3.05) is 64.8 Å². The Hall–Kier alpha value is -3.65. The molecule has 2 atom stereocenters. The Kier molecular flexibility index (Phi) is 11.0. The van der Waals surface area contributed by atoms with Crippen molar-refractivity contribution < 1.29 is 27.9 Å². The van der Waals surface area contributed by atoms with Crippen LogP contribution >= 0.6 is 36.4 Å². The van der Waals surface area contributed by atoms with Gasteiger partial charge >= 0.3 is 6.03 Å². The van der Waals surface area contributed by atoms with Gasteiger partial charge < -0.3 is 34.6 Å². The Balaban J connectivity index is 0.00000240. The number of likely N-dealkylation sites (tertiary alicyclic amines) is 1. The van der Waals surface area contributed by atoms with Gasteiger partial charge in [-0.3, -0.25) is 9.59 Å². The molecule has 3 fully saturated rings. The molecular weight excluding hydrogens is 667 g/mol. The number of fused-ring (bicyclic) bond motifs is 1. The van der Waals surface area contributed by atoms with Crippen LogP contribution in [0.3, 0.4) is 0 Å². The third-order valence-corrected chi connectivity index (χ3v) is 9.00. The Morgan fingerprint density at radius 2 is 1.61 bits per heavy atom. The number of ether oxygens (including phenoxy) is 1. The minimum Gasteiger partial charge on any atom is -0.494 e. The van der Waals surface area contributed by atoms with Crippen molar-refractivity contribution in [3.05, 3.63) is 64.6 Å². The van der Waals surface area contributed by atoms with Gasteiger partial charge in [-0.25, -0.2) is 14.2 Å². The second-order valence-corrected chi connectivity index (χ2v) is 11.7. The van der Waals surface area contributed by atoms with Crippen LogP contribution in [0.2, 0.25) is 5.02 Å². The molecule has 4 heterocycles. The lowest BCUT2D eigenvalue weighted by molar-refractivity contribution is 0.0643. The van der Waals surface area contributed by atoms with E-state index in [-0.39, 0.29) is 70.2 Å². The summed E-state index contributed by atoms with van der Waals surface area (Å²) in [5, 5.41) is 6.22. The lowest BCUT2D eigenvalue weighted by Gasteiger charge is -2.37. The van der Waals surface area contributed by atoms with Crippen molar-refractivity contribution >= 4 is 59.9 Å². The van der Waals surface area contributed by atoms with E-state index in [2.05, 4.69) is 15.6 Å². The Bertz CT molecular complexity index is 1620. The monoisotopic (exact) mass is 699 g/mol. The number of hydrogen-bond donors (Lipinski definition) is 2. The number of urea groups is 1. The molecule has 2 aromatic carbocycles. The highest BCUT2D eigenvalue weighted by Crippen LogP contribution is 2.31. The molecule has 1 aromatic heterocycles. The first-order valence-electron chi connectivity index (χ1n) is 14.3. The van der Waals surface area contributed by atoms with Gasteiger partial charge in [0, 0.05) is 70.7 Å². The van der Waals surface area contributed by atoms with Gasteiger partial charge in [0.2, 0.25) is 5.82 Å². The summed E-state index contributed by atoms with van der Waals surface area (Å²) in [6.07, 6.45) is 1.27. The van der Waals surface area contributed by atoms with Crippen molar-refractivity contribution in [3.63, 3.8) is 0 Å². The maximum Gasteiger partial charge on any atom is 0.320 e. The maximum atomic E-state index is 14.6. The normalized spacial score (nSPS) is 18.8. The van der Waals surface area contributed by atoms with Crippen LogP contribution in [0.1, 0.15) is 21.0 Å². The number of nitrogens with one attached hydrogen (secondary N) is 2. The number of aromatic nitrogens is 2. The van der Waals surface area contributed by atoms with E-state index in [1.807, 2.05) is 4.90 Å². The number of amides is 4. The van der Waals surface area contributed by atoms with Gasteiger partial charge in [0.05, 0.1) is 29.6 Å². The minimum atomic E-state index is -1.14. The number of methoxy groups -OCH3 is 1. The molecule has 2 N–H and O–H groups in total. The number of rotatable bonds is 5. The summed E-state index contributed by atoms with van der Waals surface area (Å²) in [4.78, 5) is 48.8. The van der Waals surface area contributed by atoms with Crippen LogP contribution < -0.4 is 15.4 Å². The zero-order valence-electron chi connectivity index (χ0n) is 25.1. The third kappa shape index (κ3) is 6.59. The Morgan fingerprint density at radius 3 is 2.24 bits per heavy atom. The van der Waals surface area contributed by atoms with Crippen LogP contribution in [-0.2, 0) is 7.05 Å². The van der Waals surface area contributed by atoms with Crippen molar-refractivity contribution in [1.82, 2.24) is 29.6 Å². The third-order valence-electron chi connectivity index (χ3n) is 8.69. The molecule has 0 radical (unpaired) electrons. The summed E-state index contributed by atoms with van der Waals surface area (Å²) in [5.74, 6) is -2.37. The first-order chi connectivity index (χ1) is 21.2. The maximum absolute atomic E-state index is 14.6. The van der Waals surface area contributed by atoms with Gasteiger partial charge in [-0.1, -0.05) is 11.6 Å². The summed E-state index contributed by atoms with van der Waals surface area (Å²) in [7, 11) is 2.75. The average molecular weight is 701 g/mol. The van der Waals surface area contributed by atoms with Gasteiger partial charge in [0.1, 0.15) is 0 Å². The fourth-order valence-corrected chi connectivity index (χ4v) is 6.46. The second-order valence-electron chi connectivity index (χ2n) is 11.3. The van der Waals surface area contributed by atoms with Crippen LogP contribution in [0.5, 0.6) is 5.75 Å². The number of nitrogens with zero attached hydrogens (tertiary/aromatic N) is 5. The van der Waals surface area contributed by atoms with Crippen molar-refractivity contribution in [2.45, 2.75) is 0 Å². The highest BCUT2D eigenvalue weighted by atomic mass is 35.5. The zero-order chi connectivity index (χ0) is 31.1.